The standard InChI is InChI=1S/C12H8ClF2NO2S/c13-8-4-5-12(11(15)6-8)19(17,18)16-10-3-1-2-9(14)7-10/h1-7,16H. The van der Waals surface area contributed by atoms with Gasteiger partial charge in [0, 0.05) is 5.02 Å². The first-order valence-electron chi connectivity index (χ1n) is 5.12. The molecule has 0 radical (unpaired) electrons. The highest BCUT2D eigenvalue weighted by atomic mass is 35.5. The molecule has 0 bridgehead atoms. The Morgan fingerprint density at radius 2 is 1.79 bits per heavy atom. The molecule has 2 aromatic carbocycles. The van der Waals surface area contributed by atoms with E-state index in [9.17, 15) is 17.2 Å². The quantitative estimate of drug-likeness (QED) is 0.944. The van der Waals surface area contributed by atoms with Crippen molar-refractivity contribution in [1.29, 1.82) is 0 Å². The second kappa shape index (κ2) is 5.14. The zero-order valence-corrected chi connectivity index (χ0v) is 11.0. The minimum absolute atomic E-state index is 0.00866. The van der Waals surface area contributed by atoms with E-state index in [1.165, 1.54) is 24.3 Å². The summed E-state index contributed by atoms with van der Waals surface area (Å²) in [5.41, 5.74) is 0.00866. The van der Waals surface area contributed by atoms with E-state index >= 15 is 0 Å². The maximum Gasteiger partial charge on any atom is 0.264 e. The van der Waals surface area contributed by atoms with E-state index < -0.39 is 26.6 Å². The predicted octanol–water partition coefficient (Wildman–Crippen LogP) is 3.42. The average molecular weight is 304 g/mol. The molecule has 0 aliphatic carbocycles. The van der Waals surface area contributed by atoms with Crippen molar-refractivity contribution in [2.45, 2.75) is 4.90 Å². The first-order chi connectivity index (χ1) is 8.88. The molecule has 3 nitrogen and oxygen atoms in total. The van der Waals surface area contributed by atoms with Crippen LogP contribution in [0.1, 0.15) is 0 Å². The summed E-state index contributed by atoms with van der Waals surface area (Å²) in [5.74, 6) is -1.58. The minimum atomic E-state index is -4.13. The molecule has 0 aliphatic heterocycles. The molecule has 0 amide bonds. The van der Waals surface area contributed by atoms with E-state index in [1.54, 1.807) is 0 Å². The van der Waals surface area contributed by atoms with Crippen LogP contribution in [0.25, 0.3) is 0 Å². The van der Waals surface area contributed by atoms with E-state index in [4.69, 9.17) is 11.6 Å². The molecule has 1 N–H and O–H groups in total. The average Bonchev–Trinajstić information content (AvgIpc) is 2.27. The van der Waals surface area contributed by atoms with Gasteiger partial charge in [0.05, 0.1) is 5.69 Å². The maximum absolute atomic E-state index is 13.6. The Balaban J connectivity index is 2.38. The molecule has 0 heterocycles. The summed E-state index contributed by atoms with van der Waals surface area (Å²) in [6.07, 6.45) is 0. The van der Waals surface area contributed by atoms with Crippen LogP contribution in [0.5, 0.6) is 0 Å². The number of halogens is 3. The molecule has 7 heteroatoms. The summed E-state index contributed by atoms with van der Waals surface area (Å²) in [5, 5.41) is 0.0854. The summed E-state index contributed by atoms with van der Waals surface area (Å²) in [6, 6.07) is 8.04. The minimum Gasteiger partial charge on any atom is -0.279 e. The third-order valence-corrected chi connectivity index (χ3v) is 3.91. The van der Waals surface area contributed by atoms with E-state index in [0.717, 1.165) is 18.2 Å². The van der Waals surface area contributed by atoms with Gasteiger partial charge >= 0.3 is 0 Å². The highest BCUT2D eigenvalue weighted by Gasteiger charge is 2.19. The SMILES string of the molecule is O=S(=O)(Nc1cccc(F)c1)c1ccc(Cl)cc1F. The van der Waals surface area contributed by atoms with Gasteiger partial charge < -0.3 is 0 Å². The van der Waals surface area contributed by atoms with Crippen LogP contribution >= 0.6 is 11.6 Å². The van der Waals surface area contributed by atoms with Crippen molar-refractivity contribution in [3.8, 4) is 0 Å². The van der Waals surface area contributed by atoms with Crippen molar-refractivity contribution in [2.75, 3.05) is 4.72 Å². The van der Waals surface area contributed by atoms with Gasteiger partial charge in [-0.1, -0.05) is 17.7 Å². The third-order valence-electron chi connectivity index (χ3n) is 2.26. The van der Waals surface area contributed by atoms with Crippen molar-refractivity contribution in [1.82, 2.24) is 0 Å². The summed E-state index contributed by atoms with van der Waals surface area (Å²) < 4.78 is 52.4. The largest absolute Gasteiger partial charge is 0.279 e. The Kier molecular flexibility index (Phi) is 3.73. The number of benzene rings is 2. The smallest absolute Gasteiger partial charge is 0.264 e. The number of sulfonamides is 1. The molecule has 0 aliphatic rings. The van der Waals surface area contributed by atoms with Gasteiger partial charge in [0.25, 0.3) is 10.0 Å². The molecule has 0 fully saturated rings. The van der Waals surface area contributed by atoms with Crippen LogP contribution in [0.2, 0.25) is 5.02 Å². The summed E-state index contributed by atoms with van der Waals surface area (Å²) in [6.45, 7) is 0. The Morgan fingerprint density at radius 3 is 2.42 bits per heavy atom. The molecule has 0 spiro atoms. The van der Waals surface area contributed by atoms with Crippen LogP contribution in [0.15, 0.2) is 47.4 Å². The van der Waals surface area contributed by atoms with Crippen molar-refractivity contribution in [2.24, 2.45) is 0 Å². The van der Waals surface area contributed by atoms with Gasteiger partial charge in [0.2, 0.25) is 0 Å². The fourth-order valence-corrected chi connectivity index (χ4v) is 2.72. The molecular formula is C12H8ClF2NO2S. The zero-order chi connectivity index (χ0) is 14.0. The van der Waals surface area contributed by atoms with Crippen LogP contribution in [-0.2, 0) is 10.0 Å². The molecule has 100 valence electrons. The predicted molar refractivity (Wildman–Crippen MR) is 68.6 cm³/mol. The Bertz CT molecular complexity index is 719. The van der Waals surface area contributed by atoms with Gasteiger partial charge in [-0.2, -0.15) is 0 Å². The number of nitrogens with one attached hydrogen (secondary N) is 1. The molecule has 0 unspecified atom stereocenters. The van der Waals surface area contributed by atoms with E-state index in [2.05, 4.69) is 4.72 Å². The summed E-state index contributed by atoms with van der Waals surface area (Å²) in [4.78, 5) is -0.554. The van der Waals surface area contributed by atoms with Crippen molar-refractivity contribution >= 4 is 27.3 Å². The zero-order valence-electron chi connectivity index (χ0n) is 9.40. The van der Waals surface area contributed by atoms with Crippen LogP contribution in [0.4, 0.5) is 14.5 Å². The van der Waals surface area contributed by atoms with Crippen LogP contribution in [0.3, 0.4) is 0 Å². The lowest BCUT2D eigenvalue weighted by Gasteiger charge is -2.09. The Hall–Kier alpha value is -1.66. The molecule has 0 saturated carbocycles. The van der Waals surface area contributed by atoms with Gasteiger partial charge in [-0.25, -0.2) is 17.2 Å². The van der Waals surface area contributed by atoms with Gasteiger partial charge in [-0.05, 0) is 36.4 Å². The van der Waals surface area contributed by atoms with Crippen LogP contribution < -0.4 is 4.72 Å². The topological polar surface area (TPSA) is 46.2 Å². The Morgan fingerprint density at radius 1 is 1.05 bits per heavy atom. The lowest BCUT2D eigenvalue weighted by atomic mass is 10.3. The lowest BCUT2D eigenvalue weighted by molar-refractivity contribution is 0.570. The fourth-order valence-electron chi connectivity index (χ4n) is 1.46. The second-order valence-electron chi connectivity index (χ2n) is 3.69. The second-order valence-corrected chi connectivity index (χ2v) is 5.78. The number of anilines is 1. The first-order valence-corrected chi connectivity index (χ1v) is 6.98. The van der Waals surface area contributed by atoms with E-state index in [0.29, 0.717) is 0 Å². The van der Waals surface area contributed by atoms with Gasteiger partial charge in [-0.15, -0.1) is 0 Å². The fraction of sp³-hybridized carbons (Fsp3) is 0. The number of hydrogen-bond acceptors (Lipinski definition) is 2. The number of rotatable bonds is 3. The Labute approximate surface area is 113 Å². The van der Waals surface area contributed by atoms with Crippen LogP contribution in [0, 0.1) is 11.6 Å². The summed E-state index contributed by atoms with van der Waals surface area (Å²) >= 11 is 5.54. The monoisotopic (exact) mass is 303 g/mol. The van der Waals surface area contributed by atoms with Crippen molar-refractivity contribution in [3.05, 3.63) is 59.1 Å². The van der Waals surface area contributed by atoms with Crippen molar-refractivity contribution < 1.29 is 17.2 Å². The van der Waals surface area contributed by atoms with E-state index in [-0.39, 0.29) is 10.7 Å². The molecule has 0 atom stereocenters. The normalized spacial score (nSPS) is 11.3. The highest BCUT2D eigenvalue weighted by Crippen LogP contribution is 2.22. The molecule has 0 aromatic heterocycles. The van der Waals surface area contributed by atoms with Gasteiger partial charge in [0.1, 0.15) is 16.5 Å². The lowest BCUT2D eigenvalue weighted by Crippen LogP contribution is -2.14. The highest BCUT2D eigenvalue weighted by molar-refractivity contribution is 7.92. The number of hydrogen-bond donors (Lipinski definition) is 1. The van der Waals surface area contributed by atoms with Gasteiger partial charge in [-0.3, -0.25) is 4.72 Å². The molecule has 2 aromatic rings. The first kappa shape index (κ1) is 13.8. The molecule has 19 heavy (non-hydrogen) atoms. The molecule has 2 rings (SSSR count). The molecule has 0 saturated heterocycles. The third kappa shape index (κ3) is 3.21. The van der Waals surface area contributed by atoms with E-state index in [1.807, 2.05) is 0 Å². The molecular weight excluding hydrogens is 296 g/mol. The van der Waals surface area contributed by atoms with Crippen LogP contribution in [-0.4, -0.2) is 8.42 Å². The van der Waals surface area contributed by atoms with Gasteiger partial charge in [0.15, 0.2) is 0 Å². The van der Waals surface area contributed by atoms with Crippen molar-refractivity contribution in [3.63, 3.8) is 0 Å². The summed E-state index contributed by atoms with van der Waals surface area (Å²) in [7, 11) is -4.13. The maximum atomic E-state index is 13.6.